The van der Waals surface area contributed by atoms with Crippen LogP contribution in [-0.2, 0) is 4.79 Å². The molecular formula is C17H17BrN2O3. The lowest BCUT2D eigenvalue weighted by molar-refractivity contribution is -0.122. The number of rotatable bonds is 6. The van der Waals surface area contributed by atoms with Gasteiger partial charge in [-0.3, -0.25) is 20.4 Å². The third-order valence-electron chi connectivity index (χ3n) is 2.96. The molecule has 0 atom stereocenters. The molecule has 120 valence electrons. The maximum absolute atomic E-state index is 11.7. The van der Waals surface area contributed by atoms with E-state index in [9.17, 15) is 9.59 Å². The van der Waals surface area contributed by atoms with Crippen LogP contribution in [0.25, 0.3) is 0 Å². The molecule has 2 amide bonds. The molecule has 2 rings (SSSR count). The van der Waals surface area contributed by atoms with Gasteiger partial charge >= 0.3 is 0 Å². The molecule has 0 aliphatic rings. The van der Waals surface area contributed by atoms with Crippen molar-refractivity contribution in [1.29, 1.82) is 0 Å². The van der Waals surface area contributed by atoms with Crippen molar-refractivity contribution in [3.63, 3.8) is 0 Å². The number of carbonyl (C=O) groups is 2. The number of halogens is 1. The second-order valence-corrected chi connectivity index (χ2v) is 5.69. The molecule has 0 bridgehead atoms. The Bertz CT molecular complexity index is 662. The number of carbonyl (C=O) groups excluding carboxylic acids is 2. The van der Waals surface area contributed by atoms with Crippen LogP contribution in [0.3, 0.4) is 0 Å². The highest BCUT2D eigenvalue weighted by atomic mass is 79.9. The number of hydrazine groups is 1. The first-order chi connectivity index (χ1) is 11.1. The van der Waals surface area contributed by atoms with Gasteiger partial charge in [0.25, 0.3) is 5.91 Å². The van der Waals surface area contributed by atoms with E-state index in [2.05, 4.69) is 26.8 Å². The van der Waals surface area contributed by atoms with Crippen LogP contribution in [0.4, 0.5) is 0 Å². The Morgan fingerprint density at radius 1 is 1.00 bits per heavy atom. The smallest absolute Gasteiger partial charge is 0.269 e. The van der Waals surface area contributed by atoms with Crippen LogP contribution in [0, 0.1) is 0 Å². The van der Waals surface area contributed by atoms with Gasteiger partial charge in [0, 0.05) is 16.5 Å². The average molecular weight is 377 g/mol. The van der Waals surface area contributed by atoms with Gasteiger partial charge < -0.3 is 4.74 Å². The lowest BCUT2D eigenvalue weighted by Crippen LogP contribution is -2.41. The average Bonchev–Trinajstić information content (AvgIpc) is 2.57. The summed E-state index contributed by atoms with van der Waals surface area (Å²) in [5.41, 5.74) is 5.26. The summed E-state index contributed by atoms with van der Waals surface area (Å²) in [4.78, 5) is 23.4. The van der Waals surface area contributed by atoms with E-state index < -0.39 is 0 Å². The highest BCUT2D eigenvalue weighted by Crippen LogP contribution is 2.17. The van der Waals surface area contributed by atoms with Gasteiger partial charge in [-0.2, -0.15) is 0 Å². The minimum Gasteiger partial charge on any atom is -0.494 e. The van der Waals surface area contributed by atoms with Crippen molar-refractivity contribution in [2.75, 3.05) is 6.61 Å². The van der Waals surface area contributed by atoms with Gasteiger partial charge in [0.2, 0.25) is 5.91 Å². The maximum Gasteiger partial charge on any atom is 0.269 e. The molecule has 0 aromatic heterocycles. The lowest BCUT2D eigenvalue weighted by Gasteiger charge is -2.08. The predicted octanol–water partition coefficient (Wildman–Crippen LogP) is 3.07. The third kappa shape index (κ3) is 6.12. The molecule has 23 heavy (non-hydrogen) atoms. The Kier molecular flexibility index (Phi) is 6.62. The molecular weight excluding hydrogens is 360 g/mol. The quantitative estimate of drug-likeness (QED) is 0.601. The molecule has 6 heteroatoms. The van der Waals surface area contributed by atoms with Gasteiger partial charge in [-0.15, -0.1) is 0 Å². The molecule has 5 nitrogen and oxygen atoms in total. The van der Waals surface area contributed by atoms with E-state index in [-0.39, 0.29) is 18.2 Å². The summed E-state index contributed by atoms with van der Waals surface area (Å²) in [5.74, 6) is 0.147. The first-order valence-electron chi connectivity index (χ1n) is 7.18. The van der Waals surface area contributed by atoms with E-state index in [0.717, 1.165) is 10.2 Å². The second kappa shape index (κ2) is 8.95. The molecule has 0 aliphatic carbocycles. The summed E-state index contributed by atoms with van der Waals surface area (Å²) in [6.45, 7) is 0.427. The van der Waals surface area contributed by atoms with Crippen LogP contribution in [0.5, 0.6) is 5.75 Å². The highest BCUT2D eigenvalue weighted by Gasteiger charge is 2.06. The van der Waals surface area contributed by atoms with E-state index in [4.69, 9.17) is 4.74 Å². The zero-order chi connectivity index (χ0) is 16.5. The van der Waals surface area contributed by atoms with Gasteiger partial charge in [-0.1, -0.05) is 40.2 Å². The van der Waals surface area contributed by atoms with Gasteiger partial charge in [-0.05, 0) is 36.8 Å². The van der Waals surface area contributed by atoms with Crippen molar-refractivity contribution >= 4 is 27.7 Å². The van der Waals surface area contributed by atoms with E-state index >= 15 is 0 Å². The third-order valence-corrected chi connectivity index (χ3v) is 3.46. The topological polar surface area (TPSA) is 67.4 Å². The molecule has 0 aliphatic heterocycles. The van der Waals surface area contributed by atoms with Crippen molar-refractivity contribution in [2.45, 2.75) is 12.8 Å². The number of amides is 2. The lowest BCUT2D eigenvalue weighted by atomic mass is 10.2. The second-order valence-electron chi connectivity index (χ2n) is 4.78. The predicted molar refractivity (Wildman–Crippen MR) is 90.9 cm³/mol. The SMILES string of the molecule is O=C(CCCOc1cccc(Br)c1)NNC(=O)c1ccccc1. The van der Waals surface area contributed by atoms with E-state index in [1.165, 1.54) is 0 Å². The normalized spacial score (nSPS) is 9.96. The Morgan fingerprint density at radius 3 is 2.52 bits per heavy atom. The van der Waals surface area contributed by atoms with Crippen LogP contribution in [0.1, 0.15) is 23.2 Å². The van der Waals surface area contributed by atoms with Crippen LogP contribution in [-0.4, -0.2) is 18.4 Å². The van der Waals surface area contributed by atoms with Gasteiger partial charge in [0.05, 0.1) is 6.61 Å². The standard InChI is InChI=1S/C17H17BrN2O3/c18-14-8-4-9-15(12-14)23-11-5-10-16(21)19-20-17(22)13-6-2-1-3-7-13/h1-4,6-9,12H,5,10-11H2,(H,19,21)(H,20,22). The molecule has 0 heterocycles. The number of benzene rings is 2. The number of hydrogen-bond acceptors (Lipinski definition) is 3. The van der Waals surface area contributed by atoms with Crippen molar-refractivity contribution < 1.29 is 14.3 Å². The Balaban J connectivity index is 1.63. The molecule has 2 N–H and O–H groups in total. The van der Waals surface area contributed by atoms with E-state index in [1.54, 1.807) is 24.3 Å². The fraction of sp³-hybridized carbons (Fsp3) is 0.176. The van der Waals surface area contributed by atoms with Crippen molar-refractivity contribution in [3.05, 3.63) is 64.6 Å². The number of ether oxygens (including phenoxy) is 1. The van der Waals surface area contributed by atoms with E-state index in [0.29, 0.717) is 18.6 Å². The largest absolute Gasteiger partial charge is 0.494 e. The number of nitrogens with one attached hydrogen (secondary N) is 2. The molecule has 0 saturated heterocycles. The number of hydrogen-bond donors (Lipinski definition) is 2. The Labute approximate surface area is 143 Å². The van der Waals surface area contributed by atoms with Crippen LogP contribution < -0.4 is 15.6 Å². The molecule has 0 unspecified atom stereocenters. The van der Waals surface area contributed by atoms with Crippen LogP contribution in [0.15, 0.2) is 59.1 Å². The van der Waals surface area contributed by atoms with Gasteiger partial charge in [-0.25, -0.2) is 0 Å². The van der Waals surface area contributed by atoms with E-state index in [1.807, 2.05) is 30.3 Å². The minimum absolute atomic E-state index is 0.257. The molecule has 0 radical (unpaired) electrons. The molecule has 2 aromatic rings. The maximum atomic E-state index is 11.7. The zero-order valence-electron chi connectivity index (χ0n) is 12.4. The van der Waals surface area contributed by atoms with Crippen molar-refractivity contribution in [3.8, 4) is 5.75 Å². The summed E-state index contributed by atoms with van der Waals surface area (Å²) in [5, 5.41) is 0. The summed E-state index contributed by atoms with van der Waals surface area (Å²) in [6.07, 6.45) is 0.822. The summed E-state index contributed by atoms with van der Waals surface area (Å²) >= 11 is 3.36. The molecule has 2 aromatic carbocycles. The first-order valence-corrected chi connectivity index (χ1v) is 7.97. The zero-order valence-corrected chi connectivity index (χ0v) is 14.0. The van der Waals surface area contributed by atoms with Gasteiger partial charge in [0.15, 0.2) is 0 Å². The van der Waals surface area contributed by atoms with Crippen molar-refractivity contribution in [1.82, 2.24) is 10.9 Å². The molecule has 0 fully saturated rings. The summed E-state index contributed by atoms with van der Waals surface area (Å²) in [6, 6.07) is 16.2. The Hall–Kier alpha value is -2.34. The minimum atomic E-state index is -0.343. The van der Waals surface area contributed by atoms with Gasteiger partial charge in [0.1, 0.15) is 5.75 Å². The van der Waals surface area contributed by atoms with Crippen molar-refractivity contribution in [2.24, 2.45) is 0 Å². The van der Waals surface area contributed by atoms with Crippen LogP contribution in [0.2, 0.25) is 0 Å². The molecule has 0 spiro atoms. The Morgan fingerprint density at radius 2 is 1.78 bits per heavy atom. The molecule has 0 saturated carbocycles. The van der Waals surface area contributed by atoms with Crippen LogP contribution >= 0.6 is 15.9 Å². The fourth-order valence-electron chi connectivity index (χ4n) is 1.83. The summed E-state index contributed by atoms with van der Waals surface area (Å²) in [7, 11) is 0. The fourth-order valence-corrected chi connectivity index (χ4v) is 2.21. The first kappa shape index (κ1) is 17.0. The highest BCUT2D eigenvalue weighted by molar-refractivity contribution is 9.10. The summed E-state index contributed by atoms with van der Waals surface area (Å²) < 4.78 is 6.48. The monoisotopic (exact) mass is 376 g/mol.